The molecule has 0 aromatic carbocycles. The van der Waals surface area contributed by atoms with Crippen LogP contribution in [0.1, 0.15) is 19.9 Å². The number of rotatable bonds is 3. The minimum Gasteiger partial charge on any atom is -0.373 e. The van der Waals surface area contributed by atoms with Crippen molar-refractivity contribution in [3.8, 4) is 11.4 Å². The number of hydrogen-bond donors (Lipinski definition) is 1. The molecule has 0 amide bonds. The summed E-state index contributed by atoms with van der Waals surface area (Å²) in [5.74, 6) is 1.50. The van der Waals surface area contributed by atoms with Gasteiger partial charge in [-0.15, -0.1) is 0 Å². The first kappa shape index (κ1) is 10.6. The molecule has 0 spiro atoms. The summed E-state index contributed by atoms with van der Waals surface area (Å²) in [4.78, 5) is 8.58. The molecule has 0 bridgehead atoms. The zero-order chi connectivity index (χ0) is 11.5. The van der Waals surface area contributed by atoms with Gasteiger partial charge >= 0.3 is 0 Å². The molecule has 0 radical (unpaired) electrons. The molecular formula is C11H15N5. The molecule has 2 aromatic heterocycles. The summed E-state index contributed by atoms with van der Waals surface area (Å²) in [5.41, 5.74) is 0.936. The van der Waals surface area contributed by atoms with Gasteiger partial charge in [-0.05, 0) is 19.9 Å². The molecule has 5 nitrogen and oxygen atoms in total. The first-order valence-corrected chi connectivity index (χ1v) is 5.26. The summed E-state index contributed by atoms with van der Waals surface area (Å²) in [6.07, 6.45) is 5.48. The highest BCUT2D eigenvalue weighted by Crippen LogP contribution is 2.16. The lowest BCUT2D eigenvalue weighted by atomic mass is 10.3. The van der Waals surface area contributed by atoms with Gasteiger partial charge in [0.2, 0.25) is 0 Å². The fraction of sp³-hybridized carbons (Fsp3) is 0.364. The second-order valence-corrected chi connectivity index (χ2v) is 3.82. The van der Waals surface area contributed by atoms with E-state index in [-0.39, 0.29) is 0 Å². The highest BCUT2D eigenvalue weighted by atomic mass is 15.3. The van der Waals surface area contributed by atoms with Gasteiger partial charge in [0.15, 0.2) is 5.82 Å². The monoisotopic (exact) mass is 217 g/mol. The van der Waals surface area contributed by atoms with Crippen molar-refractivity contribution in [1.29, 1.82) is 0 Å². The van der Waals surface area contributed by atoms with Crippen LogP contribution in [0.2, 0.25) is 0 Å². The second-order valence-electron chi connectivity index (χ2n) is 3.82. The van der Waals surface area contributed by atoms with E-state index in [1.165, 1.54) is 0 Å². The molecule has 0 aliphatic rings. The van der Waals surface area contributed by atoms with Crippen molar-refractivity contribution >= 4 is 5.82 Å². The van der Waals surface area contributed by atoms with E-state index in [1.807, 2.05) is 24.0 Å². The molecule has 2 rings (SSSR count). The third-order valence-corrected chi connectivity index (χ3v) is 2.30. The van der Waals surface area contributed by atoms with Crippen LogP contribution in [0, 0.1) is 0 Å². The van der Waals surface area contributed by atoms with Gasteiger partial charge in [0.25, 0.3) is 0 Å². The lowest BCUT2D eigenvalue weighted by Gasteiger charge is -2.03. The molecule has 2 heterocycles. The zero-order valence-corrected chi connectivity index (χ0v) is 9.68. The van der Waals surface area contributed by atoms with E-state index in [2.05, 4.69) is 34.2 Å². The van der Waals surface area contributed by atoms with E-state index in [4.69, 9.17) is 0 Å². The number of nitrogens with zero attached hydrogens (tertiary/aromatic N) is 4. The maximum absolute atomic E-state index is 4.36. The Morgan fingerprint density at radius 2 is 2.19 bits per heavy atom. The average molecular weight is 217 g/mol. The van der Waals surface area contributed by atoms with Crippen molar-refractivity contribution in [3.05, 3.63) is 24.7 Å². The third kappa shape index (κ3) is 2.03. The Morgan fingerprint density at radius 3 is 2.81 bits per heavy atom. The van der Waals surface area contributed by atoms with Gasteiger partial charge in [0.05, 0.1) is 11.8 Å². The molecule has 16 heavy (non-hydrogen) atoms. The summed E-state index contributed by atoms with van der Waals surface area (Å²) in [7, 11) is 1.84. The Kier molecular flexibility index (Phi) is 2.85. The van der Waals surface area contributed by atoms with Crippen LogP contribution in [0.15, 0.2) is 24.7 Å². The van der Waals surface area contributed by atoms with Crippen LogP contribution in [-0.2, 0) is 0 Å². The van der Waals surface area contributed by atoms with Crippen LogP contribution in [0.25, 0.3) is 11.4 Å². The molecule has 0 unspecified atom stereocenters. The van der Waals surface area contributed by atoms with E-state index >= 15 is 0 Å². The topological polar surface area (TPSA) is 55.6 Å². The second kappa shape index (κ2) is 4.30. The number of anilines is 1. The maximum Gasteiger partial charge on any atom is 0.164 e. The smallest absolute Gasteiger partial charge is 0.164 e. The van der Waals surface area contributed by atoms with Crippen LogP contribution < -0.4 is 5.32 Å². The highest BCUT2D eigenvalue weighted by molar-refractivity contribution is 5.54. The Morgan fingerprint density at radius 1 is 1.38 bits per heavy atom. The van der Waals surface area contributed by atoms with Crippen molar-refractivity contribution in [2.24, 2.45) is 0 Å². The predicted molar refractivity (Wildman–Crippen MR) is 63.2 cm³/mol. The highest BCUT2D eigenvalue weighted by Gasteiger charge is 2.06. The number of hydrogen-bond acceptors (Lipinski definition) is 4. The van der Waals surface area contributed by atoms with Gasteiger partial charge in [-0.2, -0.15) is 5.10 Å². The van der Waals surface area contributed by atoms with Crippen LogP contribution in [0.4, 0.5) is 5.82 Å². The van der Waals surface area contributed by atoms with Gasteiger partial charge in [0, 0.05) is 25.5 Å². The Balaban J connectivity index is 2.34. The van der Waals surface area contributed by atoms with E-state index in [0.717, 1.165) is 11.4 Å². The molecule has 2 aromatic rings. The summed E-state index contributed by atoms with van der Waals surface area (Å²) in [6, 6.07) is 2.18. The minimum atomic E-state index is 0.348. The maximum atomic E-state index is 4.36. The predicted octanol–water partition coefficient (Wildman–Crippen LogP) is 1.96. The molecule has 0 fully saturated rings. The van der Waals surface area contributed by atoms with E-state index < -0.39 is 0 Å². The fourth-order valence-corrected chi connectivity index (χ4v) is 1.37. The van der Waals surface area contributed by atoms with Crippen molar-refractivity contribution in [2.45, 2.75) is 19.9 Å². The van der Waals surface area contributed by atoms with E-state index in [0.29, 0.717) is 11.9 Å². The SMILES string of the molecule is CNc1ccnc(-c2cnn(C(C)C)c2)n1. The largest absolute Gasteiger partial charge is 0.373 e. The summed E-state index contributed by atoms with van der Waals surface area (Å²) < 4.78 is 1.89. The quantitative estimate of drug-likeness (QED) is 0.853. The number of nitrogens with one attached hydrogen (secondary N) is 1. The van der Waals surface area contributed by atoms with Crippen molar-refractivity contribution in [2.75, 3.05) is 12.4 Å². The van der Waals surface area contributed by atoms with E-state index in [9.17, 15) is 0 Å². The first-order chi connectivity index (χ1) is 7.70. The summed E-state index contributed by atoms with van der Waals surface area (Å²) in [6.45, 7) is 4.17. The van der Waals surface area contributed by atoms with Crippen LogP contribution in [0.5, 0.6) is 0 Å². The standard InChI is InChI=1S/C11H15N5/c1-8(2)16-7-9(6-14-16)11-13-5-4-10(12-3)15-11/h4-8H,1-3H3,(H,12,13,15). The average Bonchev–Trinajstić information content (AvgIpc) is 2.78. The fourth-order valence-electron chi connectivity index (χ4n) is 1.37. The number of aromatic nitrogens is 4. The van der Waals surface area contributed by atoms with Crippen LogP contribution in [0.3, 0.4) is 0 Å². The van der Waals surface area contributed by atoms with Gasteiger partial charge in [-0.25, -0.2) is 9.97 Å². The minimum absolute atomic E-state index is 0.348. The normalized spacial score (nSPS) is 10.8. The molecule has 84 valence electrons. The molecule has 1 N–H and O–H groups in total. The lowest BCUT2D eigenvalue weighted by molar-refractivity contribution is 0.532. The molecule has 0 aliphatic carbocycles. The summed E-state index contributed by atoms with van der Waals surface area (Å²) >= 11 is 0. The lowest BCUT2D eigenvalue weighted by Crippen LogP contribution is -2.00. The Bertz CT molecular complexity index is 475. The van der Waals surface area contributed by atoms with Crippen LogP contribution >= 0.6 is 0 Å². The van der Waals surface area contributed by atoms with Crippen molar-refractivity contribution in [1.82, 2.24) is 19.7 Å². The van der Waals surface area contributed by atoms with E-state index in [1.54, 1.807) is 12.4 Å². The third-order valence-electron chi connectivity index (χ3n) is 2.30. The van der Waals surface area contributed by atoms with Crippen molar-refractivity contribution < 1.29 is 0 Å². The molecule has 0 saturated heterocycles. The Labute approximate surface area is 94.5 Å². The van der Waals surface area contributed by atoms with Gasteiger partial charge in [-0.1, -0.05) is 0 Å². The van der Waals surface area contributed by atoms with Gasteiger partial charge in [-0.3, -0.25) is 4.68 Å². The Hall–Kier alpha value is -1.91. The molecular weight excluding hydrogens is 202 g/mol. The summed E-state index contributed by atoms with van der Waals surface area (Å²) in [5, 5.41) is 7.25. The van der Waals surface area contributed by atoms with Gasteiger partial charge in [0.1, 0.15) is 5.82 Å². The first-order valence-electron chi connectivity index (χ1n) is 5.26. The molecule has 0 aliphatic heterocycles. The molecule has 0 atom stereocenters. The molecule has 5 heteroatoms. The molecule has 0 saturated carbocycles. The van der Waals surface area contributed by atoms with Gasteiger partial charge < -0.3 is 5.32 Å². The zero-order valence-electron chi connectivity index (χ0n) is 9.68. The van der Waals surface area contributed by atoms with Crippen LogP contribution in [-0.4, -0.2) is 26.8 Å². The van der Waals surface area contributed by atoms with Crippen molar-refractivity contribution in [3.63, 3.8) is 0 Å².